The quantitative estimate of drug-likeness (QED) is 0.563. The van der Waals surface area contributed by atoms with Crippen molar-refractivity contribution in [2.24, 2.45) is 7.05 Å². The SMILES string of the molecule is CCc1c[n+]2cc3ccc(C)cc3cc2n1C. The minimum absolute atomic E-state index is 1.06. The van der Waals surface area contributed by atoms with E-state index in [0.717, 1.165) is 6.42 Å². The number of rotatable bonds is 1. The fourth-order valence-electron chi connectivity index (χ4n) is 2.46. The lowest BCUT2D eigenvalue weighted by atomic mass is 10.1. The number of hydrogen-bond acceptors (Lipinski definition) is 0. The molecule has 2 aromatic heterocycles. The van der Waals surface area contributed by atoms with Crippen molar-refractivity contribution >= 4 is 16.4 Å². The average molecular weight is 225 g/mol. The minimum atomic E-state index is 1.06. The highest BCUT2D eigenvalue weighted by Gasteiger charge is 2.13. The van der Waals surface area contributed by atoms with Crippen molar-refractivity contribution in [1.82, 2.24) is 4.57 Å². The van der Waals surface area contributed by atoms with Crippen molar-refractivity contribution in [2.45, 2.75) is 20.3 Å². The lowest BCUT2D eigenvalue weighted by Crippen LogP contribution is -2.18. The predicted molar refractivity (Wildman–Crippen MR) is 70.2 cm³/mol. The van der Waals surface area contributed by atoms with E-state index >= 15 is 0 Å². The van der Waals surface area contributed by atoms with Gasteiger partial charge in [0.1, 0.15) is 18.1 Å². The predicted octanol–water partition coefficient (Wildman–Crippen LogP) is 2.79. The van der Waals surface area contributed by atoms with E-state index in [2.05, 4.69) is 66.5 Å². The van der Waals surface area contributed by atoms with Crippen molar-refractivity contribution in [3.8, 4) is 0 Å². The smallest absolute Gasteiger partial charge is 0.230 e. The Morgan fingerprint density at radius 3 is 2.71 bits per heavy atom. The molecule has 2 nitrogen and oxygen atoms in total. The van der Waals surface area contributed by atoms with Gasteiger partial charge in [-0.2, -0.15) is 0 Å². The maximum absolute atomic E-state index is 2.27. The molecule has 0 bridgehead atoms. The first-order valence-electron chi connectivity index (χ1n) is 6.09. The zero-order chi connectivity index (χ0) is 12.0. The molecular weight excluding hydrogens is 208 g/mol. The van der Waals surface area contributed by atoms with Crippen LogP contribution in [0.2, 0.25) is 0 Å². The standard InChI is InChI=1S/C15H17N2/c1-4-14-10-17-9-12-6-5-11(2)7-13(12)8-15(17)16(14)3/h5-10H,4H2,1-3H3/q+1. The van der Waals surface area contributed by atoms with E-state index in [1.165, 1.54) is 27.7 Å². The molecule has 3 rings (SSSR count). The molecule has 0 fully saturated rings. The molecule has 0 spiro atoms. The van der Waals surface area contributed by atoms with E-state index in [4.69, 9.17) is 0 Å². The summed E-state index contributed by atoms with van der Waals surface area (Å²) < 4.78 is 4.48. The van der Waals surface area contributed by atoms with Gasteiger partial charge in [0.05, 0.1) is 7.05 Å². The molecule has 0 N–H and O–H groups in total. The molecule has 17 heavy (non-hydrogen) atoms. The van der Waals surface area contributed by atoms with Crippen LogP contribution < -0.4 is 4.40 Å². The highest BCUT2D eigenvalue weighted by atomic mass is 15.1. The van der Waals surface area contributed by atoms with Crippen molar-refractivity contribution in [2.75, 3.05) is 0 Å². The first-order chi connectivity index (χ1) is 8.19. The molecule has 1 aromatic carbocycles. The molecule has 0 atom stereocenters. The van der Waals surface area contributed by atoms with Crippen LogP contribution in [0.4, 0.5) is 0 Å². The summed E-state index contributed by atoms with van der Waals surface area (Å²) in [7, 11) is 2.13. The van der Waals surface area contributed by atoms with Gasteiger partial charge in [0.2, 0.25) is 0 Å². The molecule has 0 saturated heterocycles. The number of imidazole rings is 1. The Labute approximate surface area is 101 Å². The summed E-state index contributed by atoms with van der Waals surface area (Å²) in [5.41, 5.74) is 3.92. The molecule has 0 radical (unpaired) electrons. The highest BCUT2D eigenvalue weighted by Crippen LogP contribution is 2.16. The van der Waals surface area contributed by atoms with E-state index in [1.54, 1.807) is 0 Å². The van der Waals surface area contributed by atoms with Gasteiger partial charge in [-0.25, -0.2) is 8.97 Å². The van der Waals surface area contributed by atoms with Gasteiger partial charge < -0.3 is 0 Å². The summed E-state index contributed by atoms with van der Waals surface area (Å²) in [5.74, 6) is 0. The molecular formula is C15H17N2+. The van der Waals surface area contributed by atoms with Crippen LogP contribution in [0.3, 0.4) is 0 Å². The summed E-state index contributed by atoms with van der Waals surface area (Å²) in [6.45, 7) is 4.33. The van der Waals surface area contributed by atoms with Gasteiger partial charge >= 0.3 is 0 Å². The van der Waals surface area contributed by atoms with Gasteiger partial charge in [0, 0.05) is 17.9 Å². The third-order valence-electron chi connectivity index (χ3n) is 3.49. The molecule has 0 unspecified atom stereocenters. The lowest BCUT2D eigenvalue weighted by Gasteiger charge is -1.98. The molecule has 2 heterocycles. The van der Waals surface area contributed by atoms with Crippen molar-refractivity contribution in [3.63, 3.8) is 0 Å². The number of pyridine rings is 1. The van der Waals surface area contributed by atoms with E-state index < -0.39 is 0 Å². The molecule has 0 aliphatic carbocycles. The highest BCUT2D eigenvalue weighted by molar-refractivity contribution is 5.83. The molecule has 0 aliphatic heterocycles. The Bertz CT molecular complexity index is 708. The Morgan fingerprint density at radius 2 is 1.94 bits per heavy atom. The first kappa shape index (κ1) is 10.3. The number of nitrogens with zero attached hydrogens (tertiary/aromatic N) is 2. The number of aromatic nitrogens is 2. The van der Waals surface area contributed by atoms with Crippen molar-refractivity contribution in [1.29, 1.82) is 0 Å². The number of hydrogen-bond donors (Lipinski definition) is 0. The van der Waals surface area contributed by atoms with Crippen molar-refractivity contribution < 1.29 is 4.40 Å². The van der Waals surface area contributed by atoms with Crippen LogP contribution in [0.5, 0.6) is 0 Å². The average Bonchev–Trinajstić information content (AvgIpc) is 2.63. The second-order valence-electron chi connectivity index (χ2n) is 4.70. The van der Waals surface area contributed by atoms with Crippen LogP contribution in [0, 0.1) is 6.92 Å². The monoisotopic (exact) mass is 225 g/mol. The van der Waals surface area contributed by atoms with Crippen LogP contribution in [-0.2, 0) is 13.5 Å². The molecule has 0 saturated carbocycles. The van der Waals surface area contributed by atoms with Crippen LogP contribution in [0.15, 0.2) is 36.7 Å². The number of aryl methyl sites for hydroxylation is 3. The minimum Gasteiger partial charge on any atom is -0.230 e. The summed E-state index contributed by atoms with van der Waals surface area (Å²) in [5, 5.41) is 2.61. The fraction of sp³-hybridized carbons (Fsp3) is 0.267. The van der Waals surface area contributed by atoms with Crippen LogP contribution >= 0.6 is 0 Å². The van der Waals surface area contributed by atoms with Gasteiger partial charge in [-0.3, -0.25) is 0 Å². The first-order valence-corrected chi connectivity index (χ1v) is 6.09. The van der Waals surface area contributed by atoms with E-state index in [0.29, 0.717) is 0 Å². The van der Waals surface area contributed by atoms with E-state index in [-0.39, 0.29) is 0 Å². The van der Waals surface area contributed by atoms with Gasteiger partial charge in [-0.1, -0.05) is 30.7 Å². The number of fused-ring (bicyclic) bond motifs is 2. The Kier molecular flexibility index (Phi) is 2.18. The second-order valence-corrected chi connectivity index (χ2v) is 4.70. The molecule has 86 valence electrons. The molecule has 0 aliphatic rings. The Balaban J connectivity index is 2.42. The number of benzene rings is 1. The third kappa shape index (κ3) is 1.52. The van der Waals surface area contributed by atoms with Crippen LogP contribution in [0.1, 0.15) is 18.2 Å². The summed E-state index contributed by atoms with van der Waals surface area (Å²) >= 11 is 0. The lowest BCUT2D eigenvalue weighted by molar-refractivity contribution is -0.509. The van der Waals surface area contributed by atoms with E-state index in [1.807, 2.05) is 0 Å². The molecule has 2 heteroatoms. The summed E-state index contributed by atoms with van der Waals surface area (Å²) in [4.78, 5) is 0. The van der Waals surface area contributed by atoms with Crippen LogP contribution in [-0.4, -0.2) is 4.57 Å². The zero-order valence-electron chi connectivity index (χ0n) is 10.6. The van der Waals surface area contributed by atoms with Crippen LogP contribution in [0.25, 0.3) is 16.4 Å². The second kappa shape index (κ2) is 3.59. The fourth-order valence-corrected chi connectivity index (χ4v) is 2.46. The normalized spacial score (nSPS) is 11.5. The molecule has 3 aromatic rings. The maximum Gasteiger partial charge on any atom is 0.286 e. The largest absolute Gasteiger partial charge is 0.286 e. The topological polar surface area (TPSA) is 9.03 Å². The third-order valence-corrected chi connectivity index (χ3v) is 3.49. The summed E-state index contributed by atoms with van der Waals surface area (Å²) in [6, 6.07) is 8.86. The molecule has 0 amide bonds. The van der Waals surface area contributed by atoms with Crippen molar-refractivity contribution in [3.05, 3.63) is 47.9 Å². The van der Waals surface area contributed by atoms with Gasteiger partial charge in [-0.05, 0) is 12.3 Å². The van der Waals surface area contributed by atoms with Gasteiger partial charge in [0.15, 0.2) is 0 Å². The Hall–Kier alpha value is -1.83. The Morgan fingerprint density at radius 1 is 1.12 bits per heavy atom. The maximum atomic E-state index is 2.27. The van der Waals surface area contributed by atoms with E-state index in [9.17, 15) is 0 Å². The summed E-state index contributed by atoms with van der Waals surface area (Å²) in [6.07, 6.45) is 5.49. The zero-order valence-corrected chi connectivity index (χ0v) is 10.6. The van der Waals surface area contributed by atoms with Gasteiger partial charge in [-0.15, -0.1) is 0 Å². The van der Waals surface area contributed by atoms with Gasteiger partial charge in [0.25, 0.3) is 5.65 Å².